The Balaban J connectivity index is 1.78. The van der Waals surface area contributed by atoms with Crippen LogP contribution in [0.4, 0.5) is 4.39 Å². The smallest absolute Gasteiger partial charge is 0.124 e. The van der Waals surface area contributed by atoms with E-state index in [4.69, 9.17) is 16.3 Å². The molecule has 5 heteroatoms. The summed E-state index contributed by atoms with van der Waals surface area (Å²) in [6, 6.07) is 13.3. The maximum Gasteiger partial charge on any atom is 0.124 e. The van der Waals surface area contributed by atoms with Crippen molar-refractivity contribution in [3.8, 4) is 16.3 Å². The largest absolute Gasteiger partial charge is 0.489 e. The number of hydrogen-bond acceptors (Lipinski definition) is 3. The van der Waals surface area contributed by atoms with E-state index in [1.54, 1.807) is 11.3 Å². The van der Waals surface area contributed by atoms with Gasteiger partial charge in [-0.1, -0.05) is 18.5 Å². The lowest BCUT2D eigenvalue weighted by molar-refractivity contribution is 0.346. The predicted molar refractivity (Wildman–Crippen MR) is 95.0 cm³/mol. The third-order valence-corrected chi connectivity index (χ3v) is 4.79. The molecule has 0 saturated carbocycles. The summed E-state index contributed by atoms with van der Waals surface area (Å²) in [7, 11) is 0. The van der Waals surface area contributed by atoms with E-state index in [0.29, 0.717) is 29.1 Å². The van der Waals surface area contributed by atoms with Gasteiger partial charge in [-0.2, -0.15) is 0 Å². The van der Waals surface area contributed by atoms with Crippen LogP contribution in [0.25, 0.3) is 20.8 Å². The maximum absolute atomic E-state index is 12.5. The molecule has 0 spiro atoms. The number of rotatable bonds is 5. The number of thiazole rings is 1. The number of benzene rings is 2. The van der Waals surface area contributed by atoms with E-state index in [2.05, 4.69) is 4.98 Å². The van der Waals surface area contributed by atoms with Crippen molar-refractivity contribution in [2.24, 2.45) is 0 Å². The molecule has 0 saturated heterocycles. The summed E-state index contributed by atoms with van der Waals surface area (Å²) in [6.45, 7) is 2.17. The van der Waals surface area contributed by atoms with Gasteiger partial charge in [-0.25, -0.2) is 9.37 Å². The van der Waals surface area contributed by atoms with Crippen LogP contribution in [0.3, 0.4) is 0 Å². The number of hydrogen-bond donors (Lipinski definition) is 0. The Hall–Kier alpha value is -1.91. The van der Waals surface area contributed by atoms with Crippen LogP contribution in [0.15, 0.2) is 54.4 Å². The fraction of sp³-hybridized carbons (Fsp3) is 0.167. The van der Waals surface area contributed by atoms with E-state index in [9.17, 15) is 4.39 Å². The summed E-state index contributed by atoms with van der Waals surface area (Å²) in [5.41, 5.74) is 2.60. The average Bonchev–Trinajstić information content (AvgIpc) is 2.99. The summed E-state index contributed by atoms with van der Waals surface area (Å²) in [4.78, 5) is 4.61. The van der Waals surface area contributed by atoms with Crippen LogP contribution in [0.5, 0.6) is 5.75 Å². The molecule has 0 N–H and O–H groups in total. The molecule has 0 bridgehead atoms. The van der Waals surface area contributed by atoms with Crippen molar-refractivity contribution in [1.29, 1.82) is 0 Å². The quantitative estimate of drug-likeness (QED) is 0.543. The summed E-state index contributed by atoms with van der Waals surface area (Å²) in [5.74, 6) is 0.714. The summed E-state index contributed by atoms with van der Waals surface area (Å²) >= 11 is 7.61. The Morgan fingerprint density at radius 1 is 1.26 bits per heavy atom. The van der Waals surface area contributed by atoms with E-state index < -0.39 is 0 Å². The second-order valence-corrected chi connectivity index (χ2v) is 6.53. The Bertz CT molecular complexity index is 842. The van der Waals surface area contributed by atoms with Gasteiger partial charge in [0.15, 0.2) is 0 Å². The number of fused-ring (bicyclic) bond motifs is 1. The summed E-state index contributed by atoms with van der Waals surface area (Å²) in [5, 5.41) is 1.65. The minimum Gasteiger partial charge on any atom is -0.489 e. The highest BCUT2D eigenvalue weighted by atomic mass is 35.5. The molecular formula is C18H15ClFNOS. The van der Waals surface area contributed by atoms with Gasteiger partial charge in [-0.3, -0.25) is 0 Å². The summed E-state index contributed by atoms with van der Waals surface area (Å²) < 4.78 is 19.2. The Morgan fingerprint density at radius 3 is 2.74 bits per heavy atom. The molecule has 0 radical (unpaired) electrons. The van der Waals surface area contributed by atoms with Crippen LogP contribution in [0.2, 0.25) is 5.02 Å². The molecule has 3 rings (SSSR count). The third kappa shape index (κ3) is 3.71. The lowest BCUT2D eigenvalue weighted by Crippen LogP contribution is -1.99. The fourth-order valence-corrected chi connectivity index (χ4v) is 3.35. The van der Waals surface area contributed by atoms with Gasteiger partial charge in [0.1, 0.15) is 17.4 Å². The molecule has 1 aromatic heterocycles. The third-order valence-electron chi connectivity index (χ3n) is 3.48. The van der Waals surface area contributed by atoms with Gasteiger partial charge in [-0.05, 0) is 54.5 Å². The molecule has 118 valence electrons. The minimum atomic E-state index is 0.270. The minimum absolute atomic E-state index is 0.270. The molecule has 0 fully saturated rings. The highest BCUT2D eigenvalue weighted by Crippen LogP contribution is 2.32. The molecule has 0 unspecified atom stereocenters. The number of nitrogens with zero attached hydrogens (tertiary/aromatic N) is 1. The van der Waals surface area contributed by atoms with Crippen molar-refractivity contribution < 1.29 is 9.13 Å². The Morgan fingerprint density at radius 2 is 2.04 bits per heavy atom. The van der Waals surface area contributed by atoms with Gasteiger partial charge < -0.3 is 4.74 Å². The molecule has 3 aromatic rings. The van der Waals surface area contributed by atoms with Crippen LogP contribution in [0, 0.1) is 0 Å². The molecule has 0 aliphatic rings. The maximum atomic E-state index is 12.5. The zero-order valence-electron chi connectivity index (χ0n) is 12.6. The lowest BCUT2D eigenvalue weighted by Gasteiger charge is -2.07. The number of halogens is 2. The van der Waals surface area contributed by atoms with Gasteiger partial charge in [0, 0.05) is 10.6 Å². The van der Waals surface area contributed by atoms with Crippen LogP contribution in [0.1, 0.15) is 13.3 Å². The first-order valence-corrected chi connectivity index (χ1v) is 8.46. The fourth-order valence-electron chi connectivity index (χ4n) is 2.10. The zero-order valence-corrected chi connectivity index (χ0v) is 14.1. The van der Waals surface area contributed by atoms with E-state index in [0.717, 1.165) is 20.8 Å². The van der Waals surface area contributed by atoms with Crippen LogP contribution in [-0.2, 0) is 0 Å². The molecule has 0 atom stereocenters. The highest BCUT2D eigenvalue weighted by molar-refractivity contribution is 7.21. The Labute approximate surface area is 143 Å². The van der Waals surface area contributed by atoms with Gasteiger partial charge in [0.05, 0.1) is 16.5 Å². The molecule has 0 aliphatic carbocycles. The molecule has 2 aromatic carbocycles. The van der Waals surface area contributed by atoms with Crippen molar-refractivity contribution in [3.05, 3.63) is 59.4 Å². The predicted octanol–water partition coefficient (Wildman–Crippen LogP) is 6.26. The molecule has 23 heavy (non-hydrogen) atoms. The van der Waals surface area contributed by atoms with E-state index in [1.807, 2.05) is 49.4 Å². The second kappa shape index (κ2) is 7.11. The first kappa shape index (κ1) is 16.0. The van der Waals surface area contributed by atoms with Crippen LogP contribution >= 0.6 is 22.9 Å². The standard InChI is InChI=1S/C18H15ClFNOS/c1-2-12(10-20)11-22-15-6-3-13(4-7-15)18-21-16-8-5-14(19)9-17(16)23-18/h3-10H,2,11H2,1H3. The Kier molecular flexibility index (Phi) is 4.94. The normalized spacial score (nSPS) is 11.9. The molecule has 2 nitrogen and oxygen atoms in total. The van der Waals surface area contributed by atoms with Crippen molar-refractivity contribution in [1.82, 2.24) is 4.98 Å². The number of ether oxygens (including phenoxy) is 1. The van der Waals surface area contributed by atoms with Crippen molar-refractivity contribution in [2.45, 2.75) is 13.3 Å². The summed E-state index contributed by atoms with van der Waals surface area (Å²) in [6.07, 6.45) is 1.25. The monoisotopic (exact) mass is 347 g/mol. The van der Waals surface area contributed by atoms with E-state index >= 15 is 0 Å². The van der Waals surface area contributed by atoms with Crippen molar-refractivity contribution in [2.75, 3.05) is 6.61 Å². The lowest BCUT2D eigenvalue weighted by atomic mass is 10.2. The van der Waals surface area contributed by atoms with Crippen molar-refractivity contribution in [3.63, 3.8) is 0 Å². The van der Waals surface area contributed by atoms with Gasteiger partial charge in [-0.15, -0.1) is 11.3 Å². The second-order valence-electron chi connectivity index (χ2n) is 5.07. The zero-order chi connectivity index (χ0) is 16.2. The highest BCUT2D eigenvalue weighted by Gasteiger charge is 2.07. The van der Waals surface area contributed by atoms with Gasteiger partial charge >= 0.3 is 0 Å². The SMILES string of the molecule is CCC(=CF)COc1ccc(-c2nc3ccc(Cl)cc3s2)cc1. The number of aromatic nitrogens is 1. The van der Waals surface area contributed by atoms with E-state index in [-0.39, 0.29) is 6.61 Å². The van der Waals surface area contributed by atoms with E-state index in [1.165, 1.54) is 0 Å². The molecular weight excluding hydrogens is 333 g/mol. The van der Waals surface area contributed by atoms with Crippen LogP contribution < -0.4 is 4.74 Å². The topological polar surface area (TPSA) is 22.1 Å². The molecule has 0 amide bonds. The van der Waals surface area contributed by atoms with Crippen LogP contribution in [-0.4, -0.2) is 11.6 Å². The first-order chi connectivity index (χ1) is 11.2. The van der Waals surface area contributed by atoms with Gasteiger partial charge in [0.2, 0.25) is 0 Å². The average molecular weight is 348 g/mol. The molecule has 1 heterocycles. The molecule has 0 aliphatic heterocycles. The first-order valence-electron chi connectivity index (χ1n) is 7.27. The van der Waals surface area contributed by atoms with Gasteiger partial charge in [0.25, 0.3) is 0 Å². The van der Waals surface area contributed by atoms with Crippen molar-refractivity contribution >= 4 is 33.2 Å².